The molecule has 0 aliphatic carbocycles. The summed E-state index contributed by atoms with van der Waals surface area (Å²) in [6.45, 7) is 5.59. The number of anilines is 2. The molecule has 1 aromatic carbocycles. The minimum atomic E-state index is -0.947. The number of nitrogen functional groups attached to an aromatic ring is 1. The highest BCUT2D eigenvalue weighted by molar-refractivity contribution is 5.81. The summed E-state index contributed by atoms with van der Waals surface area (Å²) >= 11 is 0. The molecule has 1 aromatic rings. The average molecular weight is 308 g/mol. The standard InChI is InChI=1S/C16H24N2O4/c1-4-11(3)22-16(21)14(7-8-15(19)20)18-13-6-5-12(17)9-10(13)2/h5-6,9,11,14,18H,4,7-8,17H2,1-3H3,(H,19,20). The summed E-state index contributed by atoms with van der Waals surface area (Å²) in [6.07, 6.45) is 0.558. The number of carbonyl (C=O) groups is 2. The molecule has 0 radical (unpaired) electrons. The fourth-order valence-corrected chi connectivity index (χ4v) is 1.92. The van der Waals surface area contributed by atoms with E-state index in [0.29, 0.717) is 12.1 Å². The molecule has 22 heavy (non-hydrogen) atoms. The van der Waals surface area contributed by atoms with Crippen LogP contribution in [0.2, 0.25) is 0 Å². The van der Waals surface area contributed by atoms with Crippen LogP contribution >= 0.6 is 0 Å². The van der Waals surface area contributed by atoms with Crippen LogP contribution in [-0.4, -0.2) is 29.2 Å². The summed E-state index contributed by atoms with van der Waals surface area (Å²) in [6, 6.07) is 4.59. The summed E-state index contributed by atoms with van der Waals surface area (Å²) < 4.78 is 5.31. The lowest BCUT2D eigenvalue weighted by Gasteiger charge is -2.21. The van der Waals surface area contributed by atoms with Crippen molar-refractivity contribution in [1.82, 2.24) is 0 Å². The van der Waals surface area contributed by atoms with Gasteiger partial charge in [-0.2, -0.15) is 0 Å². The van der Waals surface area contributed by atoms with Crippen molar-refractivity contribution in [2.24, 2.45) is 0 Å². The highest BCUT2D eigenvalue weighted by Crippen LogP contribution is 2.20. The van der Waals surface area contributed by atoms with Gasteiger partial charge in [0.15, 0.2) is 0 Å². The van der Waals surface area contributed by atoms with E-state index in [1.807, 2.05) is 13.8 Å². The van der Waals surface area contributed by atoms with Crippen LogP contribution < -0.4 is 11.1 Å². The molecule has 0 bridgehead atoms. The van der Waals surface area contributed by atoms with Gasteiger partial charge in [-0.25, -0.2) is 4.79 Å². The molecular weight excluding hydrogens is 284 g/mol. The maximum Gasteiger partial charge on any atom is 0.328 e. The third-order valence-electron chi connectivity index (χ3n) is 3.40. The summed E-state index contributed by atoms with van der Waals surface area (Å²) in [4.78, 5) is 23.0. The number of aryl methyl sites for hydroxylation is 1. The summed E-state index contributed by atoms with van der Waals surface area (Å²) in [5.74, 6) is -1.39. The maximum atomic E-state index is 12.2. The molecule has 122 valence electrons. The van der Waals surface area contributed by atoms with Crippen molar-refractivity contribution >= 4 is 23.3 Å². The molecule has 2 atom stereocenters. The Balaban J connectivity index is 2.84. The SMILES string of the molecule is CCC(C)OC(=O)C(CCC(=O)O)Nc1ccc(N)cc1C. The fourth-order valence-electron chi connectivity index (χ4n) is 1.92. The third kappa shape index (κ3) is 5.63. The van der Waals surface area contributed by atoms with Gasteiger partial charge in [0.2, 0.25) is 0 Å². The van der Waals surface area contributed by atoms with E-state index in [-0.39, 0.29) is 18.9 Å². The number of nitrogens with one attached hydrogen (secondary N) is 1. The van der Waals surface area contributed by atoms with Crippen LogP contribution in [0.3, 0.4) is 0 Å². The Hall–Kier alpha value is -2.24. The molecule has 0 spiro atoms. The lowest BCUT2D eigenvalue weighted by atomic mass is 10.1. The van der Waals surface area contributed by atoms with Crippen molar-refractivity contribution in [3.63, 3.8) is 0 Å². The summed E-state index contributed by atoms with van der Waals surface area (Å²) in [5.41, 5.74) is 7.96. The third-order valence-corrected chi connectivity index (χ3v) is 3.40. The van der Waals surface area contributed by atoms with Crippen molar-refractivity contribution in [2.75, 3.05) is 11.1 Å². The number of carboxylic acid groups (broad SMARTS) is 1. The minimum absolute atomic E-state index is 0.110. The number of rotatable bonds is 8. The van der Waals surface area contributed by atoms with Crippen LogP contribution in [0.15, 0.2) is 18.2 Å². The van der Waals surface area contributed by atoms with Crippen LogP contribution in [-0.2, 0) is 14.3 Å². The Kier molecular flexibility index (Phi) is 6.69. The van der Waals surface area contributed by atoms with Crippen molar-refractivity contribution in [3.05, 3.63) is 23.8 Å². The summed E-state index contributed by atoms with van der Waals surface area (Å²) in [5, 5.41) is 11.9. The van der Waals surface area contributed by atoms with E-state index < -0.39 is 18.0 Å². The second-order valence-electron chi connectivity index (χ2n) is 5.36. The number of aliphatic carboxylic acids is 1. The Morgan fingerprint density at radius 1 is 1.41 bits per heavy atom. The van der Waals surface area contributed by atoms with Crippen LogP contribution in [0.4, 0.5) is 11.4 Å². The first kappa shape index (κ1) is 17.8. The van der Waals surface area contributed by atoms with E-state index in [0.717, 1.165) is 11.3 Å². The van der Waals surface area contributed by atoms with E-state index in [2.05, 4.69) is 5.32 Å². The van der Waals surface area contributed by atoms with Crippen molar-refractivity contribution in [1.29, 1.82) is 0 Å². The van der Waals surface area contributed by atoms with Crippen LogP contribution in [0.1, 0.15) is 38.7 Å². The average Bonchev–Trinajstić information content (AvgIpc) is 2.44. The number of benzene rings is 1. The molecule has 6 heteroatoms. The fraction of sp³-hybridized carbons (Fsp3) is 0.500. The van der Waals surface area contributed by atoms with Gasteiger partial charge in [0.05, 0.1) is 6.10 Å². The molecule has 0 aliphatic heterocycles. The lowest BCUT2D eigenvalue weighted by Crippen LogP contribution is -2.34. The first-order valence-corrected chi connectivity index (χ1v) is 7.38. The number of hydrogen-bond donors (Lipinski definition) is 3. The Labute approximate surface area is 130 Å². The van der Waals surface area contributed by atoms with E-state index in [1.54, 1.807) is 25.1 Å². The zero-order chi connectivity index (χ0) is 16.7. The van der Waals surface area contributed by atoms with Crippen molar-refractivity contribution < 1.29 is 19.4 Å². The molecule has 4 N–H and O–H groups in total. The molecular formula is C16H24N2O4. The number of esters is 1. The monoisotopic (exact) mass is 308 g/mol. The number of ether oxygens (including phenoxy) is 1. The quantitative estimate of drug-likeness (QED) is 0.504. The van der Waals surface area contributed by atoms with Crippen LogP contribution in [0.5, 0.6) is 0 Å². The van der Waals surface area contributed by atoms with Gasteiger partial charge in [-0.15, -0.1) is 0 Å². The van der Waals surface area contributed by atoms with Crippen molar-refractivity contribution in [2.45, 2.75) is 52.2 Å². The molecule has 0 saturated carbocycles. The minimum Gasteiger partial charge on any atom is -0.481 e. The first-order chi connectivity index (χ1) is 10.3. The van der Waals surface area contributed by atoms with E-state index in [4.69, 9.17) is 15.6 Å². The molecule has 1 rings (SSSR count). The number of nitrogens with two attached hydrogens (primary N) is 1. The zero-order valence-electron chi connectivity index (χ0n) is 13.3. The van der Waals surface area contributed by atoms with Gasteiger partial charge in [0, 0.05) is 17.8 Å². The second kappa shape index (κ2) is 8.26. The van der Waals surface area contributed by atoms with Gasteiger partial charge >= 0.3 is 11.9 Å². The molecule has 2 unspecified atom stereocenters. The largest absolute Gasteiger partial charge is 0.481 e. The number of carbonyl (C=O) groups excluding carboxylic acids is 1. The predicted octanol–water partition coefficient (Wildman–Crippen LogP) is 2.56. The van der Waals surface area contributed by atoms with Crippen molar-refractivity contribution in [3.8, 4) is 0 Å². The molecule has 0 aromatic heterocycles. The molecule has 0 saturated heterocycles. The highest BCUT2D eigenvalue weighted by atomic mass is 16.5. The second-order valence-corrected chi connectivity index (χ2v) is 5.36. The molecule has 0 aliphatic rings. The van der Waals surface area contributed by atoms with E-state index >= 15 is 0 Å². The molecule has 0 amide bonds. The van der Waals surface area contributed by atoms with Gasteiger partial charge in [-0.05, 0) is 50.5 Å². The Bertz CT molecular complexity index is 531. The first-order valence-electron chi connectivity index (χ1n) is 7.38. The van der Waals surface area contributed by atoms with E-state index in [9.17, 15) is 9.59 Å². The van der Waals surface area contributed by atoms with Gasteiger partial charge < -0.3 is 20.9 Å². The zero-order valence-corrected chi connectivity index (χ0v) is 13.3. The Morgan fingerprint density at radius 3 is 2.64 bits per heavy atom. The predicted molar refractivity (Wildman–Crippen MR) is 85.7 cm³/mol. The number of hydrogen-bond acceptors (Lipinski definition) is 5. The topological polar surface area (TPSA) is 102 Å². The highest BCUT2D eigenvalue weighted by Gasteiger charge is 2.23. The van der Waals surface area contributed by atoms with Crippen LogP contribution in [0.25, 0.3) is 0 Å². The molecule has 0 fully saturated rings. The number of carboxylic acids is 1. The maximum absolute atomic E-state index is 12.2. The smallest absolute Gasteiger partial charge is 0.328 e. The van der Waals surface area contributed by atoms with Gasteiger partial charge in [-0.3, -0.25) is 4.79 Å². The van der Waals surface area contributed by atoms with Gasteiger partial charge in [-0.1, -0.05) is 6.92 Å². The van der Waals surface area contributed by atoms with E-state index in [1.165, 1.54) is 0 Å². The molecule has 6 nitrogen and oxygen atoms in total. The van der Waals surface area contributed by atoms with Crippen LogP contribution in [0, 0.1) is 6.92 Å². The van der Waals surface area contributed by atoms with Gasteiger partial charge in [0.25, 0.3) is 0 Å². The van der Waals surface area contributed by atoms with Gasteiger partial charge in [0.1, 0.15) is 6.04 Å². The normalized spacial score (nSPS) is 13.2. The summed E-state index contributed by atoms with van der Waals surface area (Å²) in [7, 11) is 0. The lowest BCUT2D eigenvalue weighted by molar-refractivity contribution is -0.149. The molecule has 0 heterocycles. The Morgan fingerprint density at radius 2 is 2.09 bits per heavy atom.